The van der Waals surface area contributed by atoms with Gasteiger partial charge < -0.3 is 9.80 Å². The van der Waals surface area contributed by atoms with Gasteiger partial charge in [-0.3, -0.25) is 4.79 Å². The Kier molecular flexibility index (Phi) is 5.71. The van der Waals surface area contributed by atoms with Crippen LogP contribution in [0.25, 0.3) is 0 Å². The lowest BCUT2D eigenvalue weighted by Gasteiger charge is -2.32. The summed E-state index contributed by atoms with van der Waals surface area (Å²) in [4.78, 5) is 16.8. The van der Waals surface area contributed by atoms with Gasteiger partial charge in [0.05, 0.1) is 6.42 Å². The third kappa shape index (κ3) is 4.14. The van der Waals surface area contributed by atoms with E-state index in [-0.39, 0.29) is 5.91 Å². The van der Waals surface area contributed by atoms with Gasteiger partial charge >= 0.3 is 0 Å². The summed E-state index contributed by atoms with van der Waals surface area (Å²) >= 11 is 0. The number of anilines is 1. The molecule has 3 heteroatoms. The van der Waals surface area contributed by atoms with Gasteiger partial charge in [-0.2, -0.15) is 0 Å². The maximum Gasteiger partial charge on any atom is 0.231 e. The highest BCUT2D eigenvalue weighted by atomic mass is 16.2. The summed E-state index contributed by atoms with van der Waals surface area (Å²) in [6.07, 6.45) is 8.53. The number of piperidine rings is 1. The maximum absolute atomic E-state index is 12.2. The van der Waals surface area contributed by atoms with Gasteiger partial charge in [-0.1, -0.05) is 44.4 Å². The second kappa shape index (κ2) is 7.96. The number of fused-ring (bicyclic) bond motifs is 1. The molecule has 2 aliphatic rings. The van der Waals surface area contributed by atoms with Crippen LogP contribution < -0.4 is 4.90 Å². The third-order valence-corrected chi connectivity index (χ3v) is 5.45. The van der Waals surface area contributed by atoms with Crippen molar-refractivity contribution < 1.29 is 4.79 Å². The fraction of sp³-hybridized carbons (Fsp3) is 0.650. The highest BCUT2D eigenvalue weighted by Gasteiger charge is 2.26. The molecule has 1 aromatic carbocycles. The smallest absolute Gasteiger partial charge is 0.231 e. The van der Waals surface area contributed by atoms with Crippen LogP contribution in [-0.2, 0) is 11.2 Å². The van der Waals surface area contributed by atoms with Gasteiger partial charge in [-0.15, -0.1) is 0 Å². The van der Waals surface area contributed by atoms with Gasteiger partial charge in [0.15, 0.2) is 0 Å². The molecule has 0 saturated carbocycles. The minimum atomic E-state index is 0.268. The molecule has 0 aliphatic carbocycles. The lowest BCUT2D eigenvalue weighted by Crippen LogP contribution is -2.36. The Morgan fingerprint density at radius 1 is 1.09 bits per heavy atom. The van der Waals surface area contributed by atoms with E-state index in [1.54, 1.807) is 0 Å². The molecule has 1 fully saturated rings. The first kappa shape index (κ1) is 16.5. The van der Waals surface area contributed by atoms with Gasteiger partial charge in [0.2, 0.25) is 5.91 Å². The van der Waals surface area contributed by atoms with Crippen LogP contribution in [0.4, 0.5) is 5.69 Å². The van der Waals surface area contributed by atoms with Gasteiger partial charge in [-0.25, -0.2) is 0 Å². The Labute approximate surface area is 140 Å². The van der Waals surface area contributed by atoms with Crippen LogP contribution in [0.15, 0.2) is 24.3 Å². The van der Waals surface area contributed by atoms with E-state index in [0.717, 1.165) is 31.1 Å². The van der Waals surface area contributed by atoms with E-state index in [2.05, 4.69) is 24.0 Å². The van der Waals surface area contributed by atoms with Crippen LogP contribution in [0.1, 0.15) is 51.0 Å². The van der Waals surface area contributed by atoms with E-state index in [1.807, 2.05) is 17.0 Å². The van der Waals surface area contributed by atoms with Crippen molar-refractivity contribution in [3.63, 3.8) is 0 Å². The number of nitrogens with zero attached hydrogens (tertiary/aromatic N) is 2. The van der Waals surface area contributed by atoms with Crippen LogP contribution in [-0.4, -0.2) is 37.0 Å². The molecule has 1 aromatic rings. The summed E-state index contributed by atoms with van der Waals surface area (Å²) in [6, 6.07) is 8.22. The number of likely N-dealkylation sites (tertiary alicyclic amines) is 1. The Bertz CT molecular complexity index is 520. The van der Waals surface area contributed by atoms with Crippen LogP contribution in [0.5, 0.6) is 0 Å². The van der Waals surface area contributed by atoms with Crippen molar-refractivity contribution in [3.05, 3.63) is 29.8 Å². The van der Waals surface area contributed by atoms with Crippen LogP contribution in [0.3, 0.4) is 0 Å². The van der Waals surface area contributed by atoms with Crippen molar-refractivity contribution in [2.24, 2.45) is 5.92 Å². The molecule has 0 radical (unpaired) electrons. The summed E-state index contributed by atoms with van der Waals surface area (Å²) in [5.74, 6) is 1.22. The second-order valence-corrected chi connectivity index (χ2v) is 7.13. The zero-order chi connectivity index (χ0) is 16.1. The standard InChI is InChI=1S/C20H30N2O/c1-2-3-7-17-10-14-21(15-11-17)12-6-13-22-19-9-5-4-8-18(19)16-20(22)23/h4-5,8-9,17H,2-3,6-7,10-16H2,1H3. The van der Waals surface area contributed by atoms with E-state index in [9.17, 15) is 4.79 Å². The monoisotopic (exact) mass is 314 g/mol. The number of rotatable bonds is 7. The molecule has 23 heavy (non-hydrogen) atoms. The molecule has 1 saturated heterocycles. The van der Waals surface area contributed by atoms with Crippen molar-refractivity contribution >= 4 is 11.6 Å². The number of carbonyl (C=O) groups is 1. The fourth-order valence-electron chi connectivity index (χ4n) is 4.01. The first-order valence-corrected chi connectivity index (χ1v) is 9.38. The number of carbonyl (C=O) groups excluding carboxylic acids is 1. The number of hydrogen-bond acceptors (Lipinski definition) is 2. The summed E-state index contributed by atoms with van der Waals surface area (Å²) in [6.45, 7) is 6.78. The lowest BCUT2D eigenvalue weighted by atomic mass is 9.91. The predicted molar refractivity (Wildman–Crippen MR) is 95.8 cm³/mol. The van der Waals surface area contributed by atoms with Gasteiger partial charge in [-0.05, 0) is 56.4 Å². The Hall–Kier alpha value is -1.35. The normalized spacial score (nSPS) is 19.3. The Morgan fingerprint density at radius 2 is 1.87 bits per heavy atom. The largest absolute Gasteiger partial charge is 0.312 e. The predicted octanol–water partition coefficient (Wildman–Crippen LogP) is 3.87. The molecule has 3 rings (SSSR count). The third-order valence-electron chi connectivity index (χ3n) is 5.45. The summed E-state index contributed by atoms with van der Waals surface area (Å²) < 4.78 is 0. The molecule has 0 bridgehead atoms. The molecule has 1 amide bonds. The van der Waals surface area contributed by atoms with E-state index in [1.165, 1.54) is 50.8 Å². The van der Waals surface area contributed by atoms with Crippen LogP contribution in [0.2, 0.25) is 0 Å². The minimum absolute atomic E-state index is 0.268. The molecular formula is C20H30N2O. The van der Waals surface area contributed by atoms with Crippen molar-refractivity contribution in [1.29, 1.82) is 0 Å². The van der Waals surface area contributed by atoms with Crippen molar-refractivity contribution in [2.45, 2.75) is 51.9 Å². The maximum atomic E-state index is 12.2. The number of para-hydroxylation sites is 1. The highest BCUT2D eigenvalue weighted by Crippen LogP contribution is 2.28. The van der Waals surface area contributed by atoms with E-state index < -0.39 is 0 Å². The first-order valence-electron chi connectivity index (χ1n) is 9.38. The second-order valence-electron chi connectivity index (χ2n) is 7.13. The van der Waals surface area contributed by atoms with Crippen LogP contribution in [0, 0.1) is 5.92 Å². The average molecular weight is 314 g/mol. The molecule has 0 spiro atoms. The number of amides is 1. The summed E-state index contributed by atoms with van der Waals surface area (Å²) in [5, 5.41) is 0. The number of unbranched alkanes of at least 4 members (excludes halogenated alkanes) is 1. The summed E-state index contributed by atoms with van der Waals surface area (Å²) in [5.41, 5.74) is 2.32. The molecule has 2 aliphatic heterocycles. The minimum Gasteiger partial charge on any atom is -0.312 e. The molecule has 2 heterocycles. The van der Waals surface area contributed by atoms with Crippen molar-refractivity contribution in [1.82, 2.24) is 4.90 Å². The lowest BCUT2D eigenvalue weighted by molar-refractivity contribution is -0.117. The van der Waals surface area contributed by atoms with Gasteiger partial charge in [0.25, 0.3) is 0 Å². The molecule has 3 nitrogen and oxygen atoms in total. The van der Waals surface area contributed by atoms with Crippen LogP contribution >= 0.6 is 0 Å². The van der Waals surface area contributed by atoms with Crippen molar-refractivity contribution in [3.8, 4) is 0 Å². The fourth-order valence-corrected chi connectivity index (χ4v) is 4.01. The molecule has 0 aromatic heterocycles. The highest BCUT2D eigenvalue weighted by molar-refractivity contribution is 6.01. The first-order chi connectivity index (χ1) is 11.3. The van der Waals surface area contributed by atoms with Gasteiger partial charge in [0.1, 0.15) is 0 Å². The quantitative estimate of drug-likeness (QED) is 0.763. The Balaban J connectivity index is 1.40. The zero-order valence-corrected chi connectivity index (χ0v) is 14.5. The van der Waals surface area contributed by atoms with E-state index >= 15 is 0 Å². The molecule has 0 unspecified atom stereocenters. The summed E-state index contributed by atoms with van der Waals surface area (Å²) in [7, 11) is 0. The van der Waals surface area contributed by atoms with E-state index in [4.69, 9.17) is 0 Å². The SMILES string of the molecule is CCCCC1CCN(CCCN2C(=O)Cc3ccccc32)CC1. The number of hydrogen-bond donors (Lipinski definition) is 0. The molecule has 126 valence electrons. The van der Waals surface area contributed by atoms with Crippen molar-refractivity contribution in [2.75, 3.05) is 31.1 Å². The molecule has 0 atom stereocenters. The number of benzene rings is 1. The topological polar surface area (TPSA) is 23.6 Å². The zero-order valence-electron chi connectivity index (χ0n) is 14.5. The Morgan fingerprint density at radius 3 is 2.65 bits per heavy atom. The average Bonchev–Trinajstić information content (AvgIpc) is 2.90. The molecule has 0 N–H and O–H groups in total. The van der Waals surface area contributed by atoms with Gasteiger partial charge in [0, 0.05) is 12.2 Å². The molecular weight excluding hydrogens is 284 g/mol. The van der Waals surface area contributed by atoms with E-state index in [0.29, 0.717) is 6.42 Å².